The van der Waals surface area contributed by atoms with E-state index in [1.54, 1.807) is 0 Å². The lowest BCUT2D eigenvalue weighted by Crippen LogP contribution is -2.64. The van der Waals surface area contributed by atoms with Gasteiger partial charge in [0.15, 0.2) is 0 Å². The normalized spacial score (nSPS) is 34.1. The van der Waals surface area contributed by atoms with Crippen LogP contribution < -0.4 is 5.32 Å². The molecule has 0 aromatic heterocycles. The van der Waals surface area contributed by atoms with E-state index in [9.17, 15) is 0 Å². The van der Waals surface area contributed by atoms with Crippen LogP contribution in [0.3, 0.4) is 0 Å². The van der Waals surface area contributed by atoms with Crippen molar-refractivity contribution in [3.63, 3.8) is 0 Å². The number of aryl methyl sites for hydroxylation is 1. The van der Waals surface area contributed by atoms with Crippen LogP contribution in [0, 0.1) is 18.8 Å². The number of piperazine rings is 1. The second-order valence-electron chi connectivity index (χ2n) is 7.83. The summed E-state index contributed by atoms with van der Waals surface area (Å²) in [5.74, 6) is 1.86. The quantitative estimate of drug-likeness (QED) is 0.912. The molecule has 1 aliphatic heterocycles. The highest BCUT2D eigenvalue weighted by Gasteiger charge is 2.49. The first-order chi connectivity index (χ1) is 10.1. The first kappa shape index (κ1) is 13.8. The largest absolute Gasteiger partial charge is 0.311 e. The van der Waals surface area contributed by atoms with Crippen molar-refractivity contribution in [1.82, 2.24) is 10.2 Å². The van der Waals surface area contributed by atoms with E-state index in [-0.39, 0.29) is 0 Å². The summed E-state index contributed by atoms with van der Waals surface area (Å²) in [6.07, 6.45) is 5.74. The van der Waals surface area contributed by atoms with E-state index in [2.05, 4.69) is 48.3 Å². The van der Waals surface area contributed by atoms with Crippen LogP contribution in [0.5, 0.6) is 0 Å². The van der Waals surface area contributed by atoms with Crippen molar-refractivity contribution in [2.45, 2.75) is 57.7 Å². The first-order valence-electron chi connectivity index (χ1n) is 8.69. The number of hydrogen-bond donors (Lipinski definition) is 1. The number of nitrogens with one attached hydrogen (secondary N) is 1. The van der Waals surface area contributed by atoms with Crippen LogP contribution in [-0.2, 0) is 6.54 Å². The van der Waals surface area contributed by atoms with E-state index in [0.29, 0.717) is 5.54 Å². The summed E-state index contributed by atoms with van der Waals surface area (Å²) < 4.78 is 0. The Balaban J connectivity index is 1.54. The van der Waals surface area contributed by atoms with Crippen molar-refractivity contribution in [2.24, 2.45) is 11.8 Å². The average molecular weight is 284 g/mol. The second-order valence-corrected chi connectivity index (χ2v) is 7.83. The second kappa shape index (κ2) is 5.10. The summed E-state index contributed by atoms with van der Waals surface area (Å²) in [5, 5.41) is 3.88. The molecule has 0 spiro atoms. The van der Waals surface area contributed by atoms with Crippen molar-refractivity contribution in [3.05, 3.63) is 35.4 Å². The maximum Gasteiger partial charge on any atom is 0.0338 e. The van der Waals surface area contributed by atoms with Crippen LogP contribution in [0.15, 0.2) is 24.3 Å². The van der Waals surface area contributed by atoms with Gasteiger partial charge in [0.25, 0.3) is 0 Å². The molecule has 2 saturated carbocycles. The van der Waals surface area contributed by atoms with E-state index < -0.39 is 0 Å². The highest BCUT2D eigenvalue weighted by molar-refractivity contribution is 5.23. The summed E-state index contributed by atoms with van der Waals surface area (Å²) in [4.78, 5) is 2.80. The fraction of sp³-hybridized carbons (Fsp3) is 0.684. The van der Waals surface area contributed by atoms with Crippen LogP contribution >= 0.6 is 0 Å². The van der Waals surface area contributed by atoms with Gasteiger partial charge in [-0.1, -0.05) is 29.8 Å². The molecular formula is C19H28N2. The molecule has 3 fully saturated rings. The van der Waals surface area contributed by atoms with E-state index in [1.807, 2.05) is 0 Å². The Kier molecular flexibility index (Phi) is 3.35. The Bertz CT molecular complexity index is 518. The van der Waals surface area contributed by atoms with Crippen molar-refractivity contribution in [3.8, 4) is 0 Å². The fourth-order valence-electron chi connectivity index (χ4n) is 4.16. The molecule has 2 aliphatic carbocycles. The third kappa shape index (κ3) is 2.76. The predicted molar refractivity (Wildman–Crippen MR) is 87.2 cm³/mol. The number of nitrogens with zero attached hydrogens (tertiary/aromatic N) is 1. The molecule has 2 unspecified atom stereocenters. The van der Waals surface area contributed by atoms with Crippen molar-refractivity contribution in [2.75, 3.05) is 13.1 Å². The van der Waals surface area contributed by atoms with Crippen LogP contribution in [0.2, 0.25) is 0 Å². The Morgan fingerprint density at radius 1 is 1.24 bits per heavy atom. The first-order valence-corrected chi connectivity index (χ1v) is 8.69. The molecule has 0 radical (unpaired) electrons. The van der Waals surface area contributed by atoms with Gasteiger partial charge in [0, 0.05) is 31.2 Å². The van der Waals surface area contributed by atoms with Gasteiger partial charge < -0.3 is 5.32 Å². The SMILES string of the molecule is Cc1cccc(CN2CC(C3CC3)NCC2(C)C2CC2)c1. The third-order valence-electron chi connectivity index (χ3n) is 5.97. The summed E-state index contributed by atoms with van der Waals surface area (Å²) in [6.45, 7) is 8.25. The molecule has 0 amide bonds. The maximum atomic E-state index is 3.88. The van der Waals surface area contributed by atoms with Gasteiger partial charge in [0.1, 0.15) is 0 Å². The Morgan fingerprint density at radius 3 is 2.71 bits per heavy atom. The van der Waals surface area contributed by atoms with E-state index in [1.165, 1.54) is 49.9 Å². The number of rotatable bonds is 4. The minimum absolute atomic E-state index is 0.370. The van der Waals surface area contributed by atoms with Crippen molar-refractivity contribution in [1.29, 1.82) is 0 Å². The minimum atomic E-state index is 0.370. The molecular weight excluding hydrogens is 256 g/mol. The molecule has 1 aromatic rings. The monoisotopic (exact) mass is 284 g/mol. The summed E-state index contributed by atoms with van der Waals surface area (Å²) in [6, 6.07) is 9.81. The van der Waals surface area contributed by atoms with Gasteiger partial charge in [-0.2, -0.15) is 0 Å². The van der Waals surface area contributed by atoms with E-state index in [4.69, 9.17) is 0 Å². The predicted octanol–water partition coefficient (Wildman–Crippen LogP) is 3.35. The van der Waals surface area contributed by atoms with Gasteiger partial charge >= 0.3 is 0 Å². The number of hydrogen-bond acceptors (Lipinski definition) is 2. The minimum Gasteiger partial charge on any atom is -0.311 e. The van der Waals surface area contributed by atoms with Crippen LogP contribution in [0.4, 0.5) is 0 Å². The molecule has 2 atom stereocenters. The average Bonchev–Trinajstić information content (AvgIpc) is 3.33. The molecule has 1 heterocycles. The fourth-order valence-corrected chi connectivity index (χ4v) is 4.16. The zero-order valence-corrected chi connectivity index (χ0v) is 13.4. The standard InChI is InChI=1S/C19H28N2/c1-14-4-3-5-15(10-14)11-21-12-18(16-6-7-16)20-13-19(21,2)17-8-9-17/h3-5,10,16-18,20H,6-9,11-13H2,1-2H3. The summed E-state index contributed by atoms with van der Waals surface area (Å²) in [7, 11) is 0. The Labute approximate surface area is 128 Å². The molecule has 3 aliphatic rings. The van der Waals surface area contributed by atoms with Crippen LogP contribution in [-0.4, -0.2) is 29.6 Å². The van der Waals surface area contributed by atoms with E-state index in [0.717, 1.165) is 24.4 Å². The highest BCUT2D eigenvalue weighted by atomic mass is 15.3. The molecule has 2 nitrogen and oxygen atoms in total. The lowest BCUT2D eigenvalue weighted by Gasteiger charge is -2.49. The summed E-state index contributed by atoms with van der Waals surface area (Å²) >= 11 is 0. The smallest absolute Gasteiger partial charge is 0.0338 e. The number of benzene rings is 1. The Morgan fingerprint density at radius 2 is 2.05 bits per heavy atom. The molecule has 1 saturated heterocycles. The van der Waals surface area contributed by atoms with Crippen molar-refractivity contribution >= 4 is 0 Å². The molecule has 2 heteroatoms. The van der Waals surface area contributed by atoms with Crippen molar-refractivity contribution < 1.29 is 0 Å². The highest BCUT2D eigenvalue weighted by Crippen LogP contribution is 2.46. The van der Waals surface area contributed by atoms with Gasteiger partial charge in [-0.3, -0.25) is 4.90 Å². The summed E-state index contributed by atoms with van der Waals surface area (Å²) in [5.41, 5.74) is 3.24. The maximum absolute atomic E-state index is 3.88. The molecule has 114 valence electrons. The molecule has 0 bridgehead atoms. The molecule has 21 heavy (non-hydrogen) atoms. The lowest BCUT2D eigenvalue weighted by atomic mass is 9.88. The zero-order chi connectivity index (χ0) is 14.4. The van der Waals surface area contributed by atoms with Gasteiger partial charge in [0.05, 0.1) is 0 Å². The van der Waals surface area contributed by atoms with Gasteiger partial charge in [-0.15, -0.1) is 0 Å². The molecule has 4 rings (SSSR count). The molecule has 1 aromatic carbocycles. The van der Waals surface area contributed by atoms with Crippen LogP contribution in [0.25, 0.3) is 0 Å². The van der Waals surface area contributed by atoms with Gasteiger partial charge in [-0.05, 0) is 56.9 Å². The van der Waals surface area contributed by atoms with Gasteiger partial charge in [-0.25, -0.2) is 0 Å². The zero-order valence-electron chi connectivity index (χ0n) is 13.4. The molecule has 1 N–H and O–H groups in total. The van der Waals surface area contributed by atoms with Crippen LogP contribution in [0.1, 0.15) is 43.7 Å². The topological polar surface area (TPSA) is 15.3 Å². The van der Waals surface area contributed by atoms with E-state index >= 15 is 0 Å². The Hall–Kier alpha value is -0.860. The lowest BCUT2D eigenvalue weighted by molar-refractivity contribution is 0.0234. The third-order valence-corrected chi connectivity index (χ3v) is 5.97. The van der Waals surface area contributed by atoms with Gasteiger partial charge in [0.2, 0.25) is 0 Å².